The van der Waals surface area contributed by atoms with E-state index in [0.717, 1.165) is 5.56 Å². The number of hydrogen-bond donors (Lipinski definition) is 5. The Bertz CT molecular complexity index is 1110. The average Bonchev–Trinajstić information content (AvgIpc) is 3.35. The molecule has 2 heterocycles. The van der Waals surface area contributed by atoms with E-state index in [9.17, 15) is 25.5 Å². The fraction of sp³-hybridized carbons (Fsp3) is 0.571. The van der Waals surface area contributed by atoms with Crippen molar-refractivity contribution in [3.63, 3.8) is 0 Å². The third kappa shape index (κ3) is 5.87. The summed E-state index contributed by atoms with van der Waals surface area (Å²) >= 11 is 0. The maximum Gasteiger partial charge on any atom is 0.200 e. The van der Waals surface area contributed by atoms with Crippen molar-refractivity contribution in [2.45, 2.75) is 50.2 Å². The lowest BCUT2D eigenvalue weighted by atomic mass is 9.84. The Morgan fingerprint density at radius 2 is 1.30 bits per heavy atom. The van der Waals surface area contributed by atoms with Gasteiger partial charge in [-0.3, -0.25) is 0 Å². The molecule has 40 heavy (non-hydrogen) atoms. The van der Waals surface area contributed by atoms with Crippen molar-refractivity contribution in [1.29, 1.82) is 0 Å². The molecule has 0 aliphatic carbocycles. The van der Waals surface area contributed by atoms with Crippen LogP contribution in [0.5, 0.6) is 34.5 Å². The monoisotopic (exact) mass is 566 g/mol. The molecule has 0 saturated carbocycles. The van der Waals surface area contributed by atoms with Gasteiger partial charge in [0.25, 0.3) is 0 Å². The number of methoxy groups -OCH3 is 4. The SMILES string of the molecule is COc1cc(C[C@@H]2CO[C@@H](c3cc(OC)c(O)c(OC)c3)[C@@H]2CO[C@@H]2O[C@@H](C)[C@H](O)[C@@H](O)[C@H]2O)cc(OC)c1O. The summed E-state index contributed by atoms with van der Waals surface area (Å²) in [5.41, 5.74) is 1.50. The minimum absolute atomic E-state index is 0.0600. The number of aliphatic hydroxyl groups is 3. The predicted octanol–water partition coefficient (Wildman–Crippen LogP) is 1.52. The Labute approximate surface area is 232 Å². The Morgan fingerprint density at radius 3 is 1.82 bits per heavy atom. The summed E-state index contributed by atoms with van der Waals surface area (Å²) in [5.74, 6) is 0.299. The molecule has 4 rings (SSSR count). The summed E-state index contributed by atoms with van der Waals surface area (Å²) in [5, 5.41) is 51.5. The molecule has 2 fully saturated rings. The normalized spacial score (nSPS) is 30.2. The molecule has 0 amide bonds. The number of phenols is 2. The van der Waals surface area contributed by atoms with Crippen LogP contribution in [0.4, 0.5) is 0 Å². The van der Waals surface area contributed by atoms with Crippen LogP contribution in [0.1, 0.15) is 24.2 Å². The van der Waals surface area contributed by atoms with Gasteiger partial charge < -0.3 is 58.7 Å². The molecule has 12 heteroatoms. The van der Waals surface area contributed by atoms with Gasteiger partial charge in [-0.2, -0.15) is 0 Å². The highest BCUT2D eigenvalue weighted by atomic mass is 16.7. The molecule has 0 aromatic heterocycles. The van der Waals surface area contributed by atoms with Crippen molar-refractivity contribution in [2.75, 3.05) is 41.7 Å². The van der Waals surface area contributed by atoms with Crippen molar-refractivity contribution in [3.05, 3.63) is 35.4 Å². The maximum atomic E-state index is 10.5. The molecule has 0 spiro atoms. The first kappa shape index (κ1) is 30.0. The largest absolute Gasteiger partial charge is 0.502 e. The van der Waals surface area contributed by atoms with Crippen molar-refractivity contribution >= 4 is 0 Å². The molecule has 222 valence electrons. The first-order valence-corrected chi connectivity index (χ1v) is 12.9. The van der Waals surface area contributed by atoms with Gasteiger partial charge in [0.1, 0.15) is 18.3 Å². The molecule has 5 N–H and O–H groups in total. The van der Waals surface area contributed by atoms with E-state index in [-0.39, 0.29) is 52.9 Å². The standard InChI is InChI=1S/C28H38O12/c1-13-22(29)25(32)26(33)28(40-13)39-12-17-16(6-14-7-18(34-2)23(30)19(8-14)35-3)11-38-27(17)15-9-20(36-4)24(31)21(10-15)37-5/h7-10,13,16-17,22,25-33H,6,11-12H2,1-5H3/t13-,16+,17+,22-,25+,26+,27-,28+/m0/s1. The van der Waals surface area contributed by atoms with E-state index in [1.54, 1.807) is 31.2 Å². The second-order valence-electron chi connectivity index (χ2n) is 10.0. The molecule has 2 aromatic carbocycles. The lowest BCUT2D eigenvalue weighted by Gasteiger charge is -2.39. The zero-order chi connectivity index (χ0) is 29.1. The van der Waals surface area contributed by atoms with Gasteiger partial charge in [-0.15, -0.1) is 0 Å². The van der Waals surface area contributed by atoms with Crippen LogP contribution in [0, 0.1) is 11.8 Å². The molecule has 0 radical (unpaired) electrons. The molecule has 2 saturated heterocycles. The minimum atomic E-state index is -1.45. The van der Waals surface area contributed by atoms with Crippen LogP contribution in [0.25, 0.3) is 0 Å². The lowest BCUT2D eigenvalue weighted by molar-refractivity contribution is -0.296. The highest BCUT2D eigenvalue weighted by molar-refractivity contribution is 5.54. The fourth-order valence-electron chi connectivity index (χ4n) is 5.30. The number of phenolic OH excluding ortho intramolecular Hbond substituents is 2. The number of aromatic hydroxyl groups is 2. The summed E-state index contributed by atoms with van der Waals surface area (Å²) in [7, 11) is 5.78. The van der Waals surface area contributed by atoms with Gasteiger partial charge in [0, 0.05) is 5.92 Å². The number of rotatable bonds is 10. The molecule has 2 aliphatic heterocycles. The molecule has 2 aliphatic rings. The fourth-order valence-corrected chi connectivity index (χ4v) is 5.30. The topological polar surface area (TPSA) is 166 Å². The predicted molar refractivity (Wildman–Crippen MR) is 140 cm³/mol. The third-order valence-corrected chi connectivity index (χ3v) is 7.61. The lowest BCUT2D eigenvalue weighted by Crippen LogP contribution is -2.57. The molecule has 0 bridgehead atoms. The van der Waals surface area contributed by atoms with E-state index in [1.807, 2.05) is 0 Å². The van der Waals surface area contributed by atoms with Crippen molar-refractivity contribution in [3.8, 4) is 34.5 Å². The Balaban J connectivity index is 1.64. The first-order chi connectivity index (χ1) is 19.1. The van der Waals surface area contributed by atoms with E-state index >= 15 is 0 Å². The van der Waals surface area contributed by atoms with E-state index in [2.05, 4.69) is 0 Å². The number of aliphatic hydroxyl groups excluding tert-OH is 3. The molecule has 8 atom stereocenters. The van der Waals surface area contributed by atoms with Crippen molar-refractivity contribution in [2.24, 2.45) is 11.8 Å². The van der Waals surface area contributed by atoms with Gasteiger partial charge in [0.2, 0.25) is 11.5 Å². The number of benzene rings is 2. The molecule has 0 unspecified atom stereocenters. The van der Waals surface area contributed by atoms with Crippen LogP contribution in [0.2, 0.25) is 0 Å². The Morgan fingerprint density at radius 1 is 0.775 bits per heavy atom. The van der Waals surface area contributed by atoms with Gasteiger partial charge in [-0.05, 0) is 54.7 Å². The second kappa shape index (κ2) is 12.7. The summed E-state index contributed by atoms with van der Waals surface area (Å²) in [6.07, 6.45) is -6.09. The number of ether oxygens (including phenoxy) is 7. The molecular weight excluding hydrogens is 528 g/mol. The van der Waals surface area contributed by atoms with Crippen LogP contribution in [0.15, 0.2) is 24.3 Å². The highest BCUT2D eigenvalue weighted by Gasteiger charge is 2.45. The van der Waals surface area contributed by atoms with Crippen LogP contribution < -0.4 is 18.9 Å². The van der Waals surface area contributed by atoms with Gasteiger partial charge in [0.05, 0.1) is 53.9 Å². The molecule has 12 nitrogen and oxygen atoms in total. The Kier molecular flexibility index (Phi) is 9.49. The minimum Gasteiger partial charge on any atom is -0.502 e. The summed E-state index contributed by atoms with van der Waals surface area (Å²) in [6.45, 7) is 1.98. The second-order valence-corrected chi connectivity index (χ2v) is 10.0. The maximum absolute atomic E-state index is 10.5. The van der Waals surface area contributed by atoms with Crippen LogP contribution in [-0.4, -0.2) is 97.9 Å². The third-order valence-electron chi connectivity index (χ3n) is 7.61. The van der Waals surface area contributed by atoms with E-state index in [0.29, 0.717) is 18.6 Å². The highest BCUT2D eigenvalue weighted by Crippen LogP contribution is 2.46. The zero-order valence-corrected chi connectivity index (χ0v) is 23.1. The average molecular weight is 567 g/mol. The van der Waals surface area contributed by atoms with E-state index in [1.165, 1.54) is 28.4 Å². The molecule has 2 aromatic rings. The van der Waals surface area contributed by atoms with Gasteiger partial charge in [-0.1, -0.05) is 0 Å². The van der Waals surface area contributed by atoms with Gasteiger partial charge in [-0.25, -0.2) is 0 Å². The quantitative estimate of drug-likeness (QED) is 0.282. The summed E-state index contributed by atoms with van der Waals surface area (Å²) < 4.78 is 39.2. The Hall–Kier alpha value is -3.00. The van der Waals surface area contributed by atoms with Crippen molar-refractivity contribution in [1.82, 2.24) is 0 Å². The smallest absolute Gasteiger partial charge is 0.200 e. The van der Waals surface area contributed by atoms with Crippen molar-refractivity contribution < 1.29 is 58.7 Å². The van der Waals surface area contributed by atoms with Gasteiger partial charge >= 0.3 is 0 Å². The van der Waals surface area contributed by atoms with Gasteiger partial charge in [0.15, 0.2) is 29.3 Å². The summed E-state index contributed by atoms with van der Waals surface area (Å²) in [4.78, 5) is 0. The van der Waals surface area contributed by atoms with E-state index < -0.39 is 36.8 Å². The van der Waals surface area contributed by atoms with Crippen LogP contribution >= 0.6 is 0 Å². The summed E-state index contributed by atoms with van der Waals surface area (Å²) in [6, 6.07) is 6.78. The molecular formula is C28H38O12. The first-order valence-electron chi connectivity index (χ1n) is 12.9. The number of hydrogen-bond acceptors (Lipinski definition) is 12. The van der Waals surface area contributed by atoms with Crippen LogP contribution in [-0.2, 0) is 20.6 Å². The van der Waals surface area contributed by atoms with Crippen LogP contribution in [0.3, 0.4) is 0 Å². The van der Waals surface area contributed by atoms with E-state index in [4.69, 9.17) is 33.2 Å². The zero-order valence-electron chi connectivity index (χ0n) is 23.1.